The topological polar surface area (TPSA) is 59.0 Å². The van der Waals surface area contributed by atoms with E-state index in [1.54, 1.807) is 0 Å². The molecule has 0 saturated carbocycles. The Morgan fingerprint density at radius 2 is 1.73 bits per heavy atom. The first-order valence-electron chi connectivity index (χ1n) is 4.63. The molecule has 0 bridgehead atoms. The maximum absolute atomic E-state index is 10.8. The van der Waals surface area contributed by atoms with E-state index in [0.29, 0.717) is 24.6 Å². The number of carbonyl (C=O) groups is 1. The minimum atomic E-state index is -0.895. The van der Waals surface area contributed by atoms with Gasteiger partial charge in [0.1, 0.15) is 0 Å². The maximum Gasteiger partial charge on any atom is 0.407 e. The van der Waals surface area contributed by atoms with Gasteiger partial charge in [-0.25, -0.2) is 4.79 Å². The van der Waals surface area contributed by atoms with Crippen molar-refractivity contribution in [3.8, 4) is 11.5 Å². The first-order chi connectivity index (χ1) is 7.24. The Morgan fingerprint density at radius 1 is 1.20 bits per heavy atom. The molecule has 0 atom stereocenters. The number of hydrogen-bond donors (Lipinski definition) is 1. The van der Waals surface area contributed by atoms with Gasteiger partial charge in [-0.05, 0) is 23.3 Å². The van der Waals surface area contributed by atoms with Gasteiger partial charge in [0.25, 0.3) is 0 Å². The van der Waals surface area contributed by atoms with Gasteiger partial charge in [0, 0.05) is 13.1 Å². The van der Waals surface area contributed by atoms with Gasteiger partial charge in [-0.1, -0.05) is 0 Å². The molecule has 0 aromatic heterocycles. The molecule has 0 fully saturated rings. The van der Waals surface area contributed by atoms with Crippen LogP contribution < -0.4 is 9.47 Å². The quantitative estimate of drug-likeness (QED) is 0.698. The van der Waals surface area contributed by atoms with E-state index in [4.69, 9.17) is 14.6 Å². The fraction of sp³-hybridized carbons (Fsp3) is 0.300. The van der Waals surface area contributed by atoms with Gasteiger partial charge in [0.05, 0.1) is 0 Å². The Kier molecular flexibility index (Phi) is 1.56. The lowest BCUT2D eigenvalue weighted by Gasteiger charge is -2.08. The molecular formula is C10H9NO4. The SMILES string of the molecule is O=C(O)N1Cc2cc3c(cc2C1)OCO3. The molecule has 5 nitrogen and oxygen atoms in total. The highest BCUT2D eigenvalue weighted by Gasteiger charge is 2.26. The average molecular weight is 207 g/mol. The van der Waals surface area contributed by atoms with Gasteiger partial charge in [0.15, 0.2) is 11.5 Å². The first-order valence-corrected chi connectivity index (χ1v) is 4.63. The number of rotatable bonds is 0. The highest BCUT2D eigenvalue weighted by atomic mass is 16.7. The van der Waals surface area contributed by atoms with Gasteiger partial charge in [0.2, 0.25) is 6.79 Å². The van der Waals surface area contributed by atoms with E-state index >= 15 is 0 Å². The molecule has 2 heterocycles. The molecule has 3 rings (SSSR count). The monoisotopic (exact) mass is 207 g/mol. The normalized spacial score (nSPS) is 16.7. The second-order valence-electron chi connectivity index (χ2n) is 3.61. The van der Waals surface area contributed by atoms with Crippen LogP contribution in [0.5, 0.6) is 11.5 Å². The molecule has 78 valence electrons. The fourth-order valence-electron chi connectivity index (χ4n) is 1.92. The summed E-state index contributed by atoms with van der Waals surface area (Å²) in [6.07, 6.45) is -0.895. The zero-order valence-corrected chi connectivity index (χ0v) is 7.90. The Hall–Kier alpha value is -1.91. The maximum atomic E-state index is 10.8. The summed E-state index contributed by atoms with van der Waals surface area (Å²) in [5.74, 6) is 1.42. The van der Waals surface area contributed by atoms with Crippen molar-refractivity contribution in [3.05, 3.63) is 23.3 Å². The van der Waals surface area contributed by atoms with Crippen molar-refractivity contribution in [3.63, 3.8) is 0 Å². The highest BCUT2D eigenvalue weighted by molar-refractivity contribution is 5.67. The van der Waals surface area contributed by atoms with Gasteiger partial charge in [-0.15, -0.1) is 0 Å². The lowest BCUT2D eigenvalue weighted by molar-refractivity contribution is 0.145. The first kappa shape index (κ1) is 8.40. The van der Waals surface area contributed by atoms with Crippen LogP contribution in [0.3, 0.4) is 0 Å². The van der Waals surface area contributed by atoms with Crippen LogP contribution in [-0.2, 0) is 13.1 Å². The Bertz CT molecular complexity index is 410. The highest BCUT2D eigenvalue weighted by Crippen LogP contribution is 2.37. The molecule has 1 N–H and O–H groups in total. The number of nitrogens with zero attached hydrogens (tertiary/aromatic N) is 1. The van der Waals surface area contributed by atoms with E-state index in [2.05, 4.69) is 0 Å². The van der Waals surface area contributed by atoms with Crippen LogP contribution in [-0.4, -0.2) is 22.9 Å². The van der Waals surface area contributed by atoms with E-state index < -0.39 is 6.09 Å². The molecule has 1 amide bonds. The molecule has 15 heavy (non-hydrogen) atoms. The van der Waals surface area contributed by atoms with Crippen molar-refractivity contribution in [2.24, 2.45) is 0 Å². The molecular weight excluding hydrogens is 198 g/mol. The van der Waals surface area contributed by atoms with E-state index in [0.717, 1.165) is 11.1 Å². The van der Waals surface area contributed by atoms with Crippen molar-refractivity contribution in [1.82, 2.24) is 4.90 Å². The second kappa shape index (κ2) is 2.79. The van der Waals surface area contributed by atoms with Crippen molar-refractivity contribution in [2.45, 2.75) is 13.1 Å². The number of hydrogen-bond acceptors (Lipinski definition) is 3. The van der Waals surface area contributed by atoms with Crippen LogP contribution in [0, 0.1) is 0 Å². The van der Waals surface area contributed by atoms with E-state index in [1.165, 1.54) is 4.90 Å². The smallest absolute Gasteiger partial charge is 0.407 e. The molecule has 0 spiro atoms. The van der Waals surface area contributed by atoms with Gasteiger partial charge < -0.3 is 14.6 Å². The molecule has 0 aliphatic carbocycles. The second-order valence-corrected chi connectivity index (χ2v) is 3.61. The average Bonchev–Trinajstić information content (AvgIpc) is 2.77. The summed E-state index contributed by atoms with van der Waals surface area (Å²) >= 11 is 0. The number of carboxylic acid groups (broad SMARTS) is 1. The third kappa shape index (κ3) is 1.20. The number of ether oxygens (including phenoxy) is 2. The lowest BCUT2D eigenvalue weighted by atomic mass is 10.1. The summed E-state index contributed by atoms with van der Waals surface area (Å²) in [6, 6.07) is 3.72. The molecule has 0 saturated heterocycles. The van der Waals surface area contributed by atoms with Crippen molar-refractivity contribution >= 4 is 6.09 Å². The van der Waals surface area contributed by atoms with Gasteiger partial charge in [-0.3, -0.25) is 4.90 Å². The molecule has 0 radical (unpaired) electrons. The molecule has 0 unspecified atom stereocenters. The van der Waals surface area contributed by atoms with Crippen LogP contribution >= 0.6 is 0 Å². The number of benzene rings is 1. The van der Waals surface area contributed by atoms with E-state index in [9.17, 15) is 4.79 Å². The Labute approximate surface area is 85.8 Å². The minimum Gasteiger partial charge on any atom is -0.465 e. The Morgan fingerprint density at radius 3 is 2.20 bits per heavy atom. The van der Waals surface area contributed by atoms with Crippen LogP contribution in [0.25, 0.3) is 0 Å². The summed E-state index contributed by atoms with van der Waals surface area (Å²) in [5.41, 5.74) is 2.00. The van der Waals surface area contributed by atoms with E-state index in [-0.39, 0.29) is 6.79 Å². The van der Waals surface area contributed by atoms with Crippen LogP contribution in [0.2, 0.25) is 0 Å². The lowest BCUT2D eigenvalue weighted by Crippen LogP contribution is -2.22. The standard InChI is InChI=1S/C10H9NO4/c12-10(13)11-3-6-1-8-9(15-5-14-8)2-7(6)4-11/h1-2H,3-5H2,(H,12,13). The van der Waals surface area contributed by atoms with Crippen LogP contribution in [0.4, 0.5) is 4.79 Å². The molecule has 1 aromatic rings. The summed E-state index contributed by atoms with van der Waals surface area (Å²) in [6.45, 7) is 1.11. The van der Waals surface area contributed by atoms with Crippen LogP contribution in [0.1, 0.15) is 11.1 Å². The fourth-order valence-corrected chi connectivity index (χ4v) is 1.92. The van der Waals surface area contributed by atoms with Crippen molar-refractivity contribution in [2.75, 3.05) is 6.79 Å². The zero-order valence-electron chi connectivity index (χ0n) is 7.90. The van der Waals surface area contributed by atoms with Crippen LogP contribution in [0.15, 0.2) is 12.1 Å². The minimum absolute atomic E-state index is 0.251. The zero-order chi connectivity index (χ0) is 10.4. The summed E-state index contributed by atoms with van der Waals surface area (Å²) in [7, 11) is 0. The van der Waals surface area contributed by atoms with E-state index in [1.807, 2.05) is 12.1 Å². The summed E-state index contributed by atoms with van der Waals surface area (Å²) < 4.78 is 10.5. The van der Waals surface area contributed by atoms with Crippen molar-refractivity contribution < 1.29 is 19.4 Å². The molecule has 5 heteroatoms. The third-order valence-electron chi connectivity index (χ3n) is 2.69. The molecule has 2 aliphatic rings. The summed E-state index contributed by atoms with van der Waals surface area (Å²) in [5, 5.41) is 8.86. The number of amides is 1. The molecule has 2 aliphatic heterocycles. The largest absolute Gasteiger partial charge is 0.465 e. The summed E-state index contributed by atoms with van der Waals surface area (Å²) in [4.78, 5) is 12.1. The van der Waals surface area contributed by atoms with Gasteiger partial charge >= 0.3 is 6.09 Å². The molecule has 1 aromatic carbocycles. The predicted molar refractivity (Wildman–Crippen MR) is 49.8 cm³/mol. The predicted octanol–water partition coefficient (Wildman–Crippen LogP) is 1.41. The van der Waals surface area contributed by atoms with Crippen molar-refractivity contribution in [1.29, 1.82) is 0 Å². The van der Waals surface area contributed by atoms with Gasteiger partial charge in [-0.2, -0.15) is 0 Å². The third-order valence-corrected chi connectivity index (χ3v) is 2.69. The Balaban J connectivity index is 1.98. The number of fused-ring (bicyclic) bond motifs is 2.